The van der Waals surface area contributed by atoms with Gasteiger partial charge < -0.3 is 10.6 Å². The first-order chi connectivity index (χ1) is 9.70. The Morgan fingerprint density at radius 1 is 1.15 bits per heavy atom. The molecular formula is C17H21BrN2. The molecule has 0 aliphatic heterocycles. The molecule has 1 unspecified atom stereocenters. The maximum atomic E-state index is 3.59. The van der Waals surface area contributed by atoms with Crippen LogP contribution in [0.15, 0.2) is 40.9 Å². The Kier molecular flexibility index (Phi) is 4.39. The molecule has 1 aliphatic carbocycles. The molecule has 3 rings (SSSR count). The van der Waals surface area contributed by atoms with Crippen LogP contribution in [-0.2, 0) is 6.54 Å². The molecule has 0 bridgehead atoms. The van der Waals surface area contributed by atoms with E-state index >= 15 is 0 Å². The Morgan fingerprint density at radius 2 is 1.90 bits per heavy atom. The highest BCUT2D eigenvalue weighted by Crippen LogP contribution is 2.21. The van der Waals surface area contributed by atoms with Crippen molar-refractivity contribution in [2.45, 2.75) is 38.4 Å². The summed E-state index contributed by atoms with van der Waals surface area (Å²) in [6.07, 6.45) is 2.71. The van der Waals surface area contributed by atoms with E-state index in [1.165, 1.54) is 29.2 Å². The molecule has 106 valence electrons. The molecule has 0 radical (unpaired) electrons. The van der Waals surface area contributed by atoms with E-state index in [1.807, 2.05) is 0 Å². The summed E-state index contributed by atoms with van der Waals surface area (Å²) >= 11 is 3.52. The monoisotopic (exact) mass is 332 g/mol. The van der Waals surface area contributed by atoms with Crippen LogP contribution in [0.1, 0.15) is 25.3 Å². The van der Waals surface area contributed by atoms with Crippen LogP contribution in [0.2, 0.25) is 0 Å². The Balaban J connectivity index is 1.57. The van der Waals surface area contributed by atoms with E-state index in [0.29, 0.717) is 6.04 Å². The third-order valence-corrected chi connectivity index (χ3v) is 4.30. The summed E-state index contributed by atoms with van der Waals surface area (Å²) in [4.78, 5) is 0. The normalized spacial score (nSPS) is 16.5. The van der Waals surface area contributed by atoms with E-state index in [0.717, 1.165) is 23.6 Å². The molecule has 2 aromatic rings. The quantitative estimate of drug-likeness (QED) is 0.839. The second-order valence-corrected chi connectivity index (χ2v) is 6.71. The van der Waals surface area contributed by atoms with Crippen LogP contribution in [0.3, 0.4) is 0 Å². The van der Waals surface area contributed by atoms with Gasteiger partial charge in [-0.2, -0.15) is 0 Å². The van der Waals surface area contributed by atoms with Gasteiger partial charge in [-0.25, -0.2) is 0 Å². The fourth-order valence-corrected chi connectivity index (χ4v) is 2.75. The standard InChI is InChI=1S/C17H21BrN2/c1-12(10-20-17-6-7-17)19-11-13-2-3-15-9-16(18)5-4-14(15)8-13/h2-5,8-9,12,17,19-20H,6-7,10-11H2,1H3. The number of benzene rings is 2. The van der Waals surface area contributed by atoms with Crippen molar-refractivity contribution in [1.29, 1.82) is 0 Å². The zero-order valence-corrected chi connectivity index (χ0v) is 13.4. The summed E-state index contributed by atoms with van der Waals surface area (Å²) in [5, 5.41) is 9.73. The van der Waals surface area contributed by atoms with Gasteiger partial charge in [-0.1, -0.05) is 34.1 Å². The van der Waals surface area contributed by atoms with E-state index in [4.69, 9.17) is 0 Å². The predicted molar refractivity (Wildman–Crippen MR) is 89.0 cm³/mol. The van der Waals surface area contributed by atoms with Crippen LogP contribution < -0.4 is 10.6 Å². The van der Waals surface area contributed by atoms with Crippen LogP contribution in [0, 0.1) is 0 Å². The molecule has 0 spiro atoms. The minimum absolute atomic E-state index is 0.510. The van der Waals surface area contributed by atoms with Gasteiger partial charge in [0, 0.05) is 29.6 Å². The molecule has 1 atom stereocenters. The van der Waals surface area contributed by atoms with Crippen LogP contribution in [-0.4, -0.2) is 18.6 Å². The minimum Gasteiger partial charge on any atom is -0.312 e. The van der Waals surface area contributed by atoms with Crippen molar-refractivity contribution in [3.05, 3.63) is 46.4 Å². The lowest BCUT2D eigenvalue weighted by molar-refractivity contribution is 0.500. The molecule has 0 saturated heterocycles. The smallest absolute Gasteiger partial charge is 0.0208 e. The topological polar surface area (TPSA) is 24.1 Å². The van der Waals surface area contributed by atoms with Crippen molar-refractivity contribution in [2.75, 3.05) is 6.54 Å². The first kappa shape index (κ1) is 14.1. The van der Waals surface area contributed by atoms with Crippen molar-refractivity contribution in [3.8, 4) is 0 Å². The minimum atomic E-state index is 0.510. The first-order valence-corrected chi connectivity index (χ1v) is 8.15. The van der Waals surface area contributed by atoms with Crippen LogP contribution in [0.4, 0.5) is 0 Å². The van der Waals surface area contributed by atoms with Crippen molar-refractivity contribution < 1.29 is 0 Å². The highest BCUT2D eigenvalue weighted by atomic mass is 79.9. The third kappa shape index (κ3) is 3.81. The third-order valence-electron chi connectivity index (χ3n) is 3.81. The number of halogens is 1. The van der Waals surface area contributed by atoms with Gasteiger partial charge in [-0.05, 0) is 54.3 Å². The lowest BCUT2D eigenvalue weighted by atomic mass is 10.1. The summed E-state index contributed by atoms with van der Waals surface area (Å²) in [6.45, 7) is 4.23. The van der Waals surface area contributed by atoms with E-state index < -0.39 is 0 Å². The molecule has 2 aromatic carbocycles. The van der Waals surface area contributed by atoms with Crippen LogP contribution in [0.5, 0.6) is 0 Å². The fraction of sp³-hybridized carbons (Fsp3) is 0.412. The highest BCUT2D eigenvalue weighted by molar-refractivity contribution is 9.10. The molecule has 3 heteroatoms. The van der Waals surface area contributed by atoms with E-state index in [-0.39, 0.29) is 0 Å². The maximum Gasteiger partial charge on any atom is 0.0208 e. The molecular weight excluding hydrogens is 312 g/mol. The maximum absolute atomic E-state index is 3.59. The Hall–Kier alpha value is -0.900. The lowest BCUT2D eigenvalue weighted by Gasteiger charge is -2.15. The molecule has 0 heterocycles. The second-order valence-electron chi connectivity index (χ2n) is 5.79. The van der Waals surface area contributed by atoms with Gasteiger partial charge in [0.05, 0.1) is 0 Å². The average molecular weight is 333 g/mol. The molecule has 1 fully saturated rings. The van der Waals surface area contributed by atoms with Crippen molar-refractivity contribution in [3.63, 3.8) is 0 Å². The van der Waals surface area contributed by atoms with Gasteiger partial charge in [0.2, 0.25) is 0 Å². The van der Waals surface area contributed by atoms with E-state index in [2.05, 4.69) is 69.9 Å². The summed E-state index contributed by atoms with van der Waals surface area (Å²) in [5.74, 6) is 0. The van der Waals surface area contributed by atoms with Gasteiger partial charge in [0.1, 0.15) is 0 Å². The van der Waals surface area contributed by atoms with Gasteiger partial charge >= 0.3 is 0 Å². The summed E-state index contributed by atoms with van der Waals surface area (Å²) in [6, 6.07) is 14.4. The van der Waals surface area contributed by atoms with Crippen LogP contribution in [0.25, 0.3) is 10.8 Å². The lowest BCUT2D eigenvalue weighted by Crippen LogP contribution is -2.36. The Bertz CT molecular complexity index is 593. The van der Waals surface area contributed by atoms with Crippen molar-refractivity contribution in [1.82, 2.24) is 10.6 Å². The van der Waals surface area contributed by atoms with Gasteiger partial charge in [0.25, 0.3) is 0 Å². The Morgan fingerprint density at radius 3 is 2.70 bits per heavy atom. The molecule has 1 aliphatic rings. The van der Waals surface area contributed by atoms with Crippen molar-refractivity contribution in [2.24, 2.45) is 0 Å². The zero-order valence-electron chi connectivity index (χ0n) is 11.8. The fourth-order valence-electron chi connectivity index (χ4n) is 2.37. The summed E-state index contributed by atoms with van der Waals surface area (Å²) < 4.78 is 1.13. The largest absolute Gasteiger partial charge is 0.312 e. The van der Waals surface area contributed by atoms with Crippen molar-refractivity contribution >= 4 is 26.7 Å². The van der Waals surface area contributed by atoms with E-state index in [9.17, 15) is 0 Å². The SMILES string of the molecule is CC(CNC1CC1)NCc1ccc2cc(Br)ccc2c1. The summed E-state index contributed by atoms with van der Waals surface area (Å²) in [5.41, 5.74) is 1.35. The zero-order chi connectivity index (χ0) is 13.9. The average Bonchev–Trinajstić information content (AvgIpc) is 3.27. The number of hydrogen-bond acceptors (Lipinski definition) is 2. The summed E-state index contributed by atoms with van der Waals surface area (Å²) in [7, 11) is 0. The van der Waals surface area contributed by atoms with Gasteiger partial charge in [-0.15, -0.1) is 0 Å². The first-order valence-electron chi connectivity index (χ1n) is 7.36. The highest BCUT2D eigenvalue weighted by Gasteiger charge is 2.20. The molecule has 0 amide bonds. The predicted octanol–water partition coefficient (Wildman–Crippen LogP) is 3.83. The molecule has 0 aromatic heterocycles. The van der Waals surface area contributed by atoms with Gasteiger partial charge in [0.15, 0.2) is 0 Å². The van der Waals surface area contributed by atoms with Gasteiger partial charge in [-0.3, -0.25) is 0 Å². The molecule has 20 heavy (non-hydrogen) atoms. The number of fused-ring (bicyclic) bond motifs is 1. The molecule has 1 saturated carbocycles. The molecule has 2 N–H and O–H groups in total. The van der Waals surface area contributed by atoms with E-state index in [1.54, 1.807) is 0 Å². The second kappa shape index (κ2) is 6.25. The Labute approximate surface area is 129 Å². The molecule has 2 nitrogen and oxygen atoms in total. The van der Waals surface area contributed by atoms with Crippen LogP contribution >= 0.6 is 15.9 Å². The number of hydrogen-bond donors (Lipinski definition) is 2. The number of nitrogens with one attached hydrogen (secondary N) is 2. The number of rotatable bonds is 6.